The van der Waals surface area contributed by atoms with E-state index in [-0.39, 0.29) is 18.6 Å². The van der Waals surface area contributed by atoms with Gasteiger partial charge in [-0.25, -0.2) is 0 Å². The molecule has 0 saturated heterocycles. The minimum absolute atomic E-state index is 0.0396. The zero-order valence-electron chi connectivity index (χ0n) is 14.0. The second-order valence-corrected chi connectivity index (χ2v) is 7.16. The first kappa shape index (κ1) is 18.1. The summed E-state index contributed by atoms with van der Waals surface area (Å²) < 4.78 is 5.66. The van der Waals surface area contributed by atoms with Crippen LogP contribution in [-0.2, 0) is 4.79 Å². The van der Waals surface area contributed by atoms with E-state index in [1.54, 1.807) is 18.2 Å². The number of carbonyl (C=O) groups excluding carboxylic acids is 1. The highest BCUT2D eigenvalue weighted by molar-refractivity contribution is 6.34. The second-order valence-electron chi connectivity index (χ2n) is 6.28. The monoisotopic (exact) mass is 377 g/mol. The van der Waals surface area contributed by atoms with E-state index in [1.165, 1.54) is 6.42 Å². The van der Waals surface area contributed by atoms with Gasteiger partial charge in [-0.1, -0.05) is 60.7 Å². The van der Waals surface area contributed by atoms with Gasteiger partial charge in [-0.15, -0.1) is 0 Å². The quantitative estimate of drug-likeness (QED) is 0.664. The van der Waals surface area contributed by atoms with E-state index in [2.05, 4.69) is 0 Å². The summed E-state index contributed by atoms with van der Waals surface area (Å²) in [5.74, 6) is 0.455. The molecular weight excluding hydrogens is 357 g/mol. The number of hydrogen-bond acceptors (Lipinski definition) is 2. The molecule has 1 fully saturated rings. The van der Waals surface area contributed by atoms with Crippen molar-refractivity contribution in [3.63, 3.8) is 0 Å². The van der Waals surface area contributed by atoms with Crippen LogP contribution in [0.25, 0.3) is 0 Å². The molecule has 0 bridgehead atoms. The Morgan fingerprint density at radius 1 is 1.00 bits per heavy atom. The molecule has 1 aliphatic rings. The number of nitrogens with zero attached hydrogens (tertiary/aromatic N) is 1. The molecule has 0 N–H and O–H groups in total. The molecule has 2 aromatic carbocycles. The van der Waals surface area contributed by atoms with E-state index in [1.807, 2.05) is 35.2 Å². The summed E-state index contributed by atoms with van der Waals surface area (Å²) >= 11 is 12.0. The van der Waals surface area contributed by atoms with Crippen LogP contribution in [0.3, 0.4) is 0 Å². The van der Waals surface area contributed by atoms with Crippen molar-refractivity contribution in [1.29, 1.82) is 0 Å². The summed E-state index contributed by atoms with van der Waals surface area (Å²) in [6.07, 6.45) is 5.62. The van der Waals surface area contributed by atoms with E-state index in [9.17, 15) is 4.79 Å². The first-order valence-corrected chi connectivity index (χ1v) is 9.35. The van der Waals surface area contributed by atoms with Crippen LogP contribution in [0, 0.1) is 0 Å². The molecular formula is C20H21Cl2NO2. The minimum Gasteiger partial charge on any atom is -0.484 e. The topological polar surface area (TPSA) is 29.5 Å². The number of carbonyl (C=O) groups is 1. The molecule has 5 heteroatoms. The number of rotatable bonds is 5. The van der Waals surface area contributed by atoms with Crippen molar-refractivity contribution in [2.24, 2.45) is 0 Å². The smallest absolute Gasteiger partial charge is 0.265 e. The van der Waals surface area contributed by atoms with Crippen LogP contribution in [0.5, 0.6) is 5.75 Å². The van der Waals surface area contributed by atoms with Gasteiger partial charge in [0.25, 0.3) is 5.91 Å². The average molecular weight is 378 g/mol. The lowest BCUT2D eigenvalue weighted by Gasteiger charge is -2.34. The average Bonchev–Trinajstić information content (AvgIpc) is 2.61. The maximum atomic E-state index is 12.9. The predicted molar refractivity (Wildman–Crippen MR) is 103 cm³/mol. The Hall–Kier alpha value is -1.71. The summed E-state index contributed by atoms with van der Waals surface area (Å²) in [7, 11) is 0. The van der Waals surface area contributed by atoms with Crippen LogP contribution in [0.15, 0.2) is 48.5 Å². The third-order valence-corrected chi connectivity index (χ3v) is 4.88. The second kappa shape index (κ2) is 8.59. The Kier molecular flexibility index (Phi) is 6.22. The summed E-state index contributed by atoms with van der Waals surface area (Å²) in [4.78, 5) is 14.8. The standard InChI is InChI=1S/C20H21Cl2NO2/c21-15-11-16(22)13-19(12-15)25-14-20(24)23(17-7-3-1-4-8-17)18-9-5-2-6-10-18/h1,3-4,7-8,11-13,18H,2,5-6,9-10,14H2. The normalized spacial score (nSPS) is 15.0. The van der Waals surface area contributed by atoms with Gasteiger partial charge in [0, 0.05) is 21.8 Å². The predicted octanol–water partition coefficient (Wildman–Crippen LogP) is 5.74. The fourth-order valence-corrected chi connectivity index (χ4v) is 3.82. The Bertz CT molecular complexity index is 695. The van der Waals surface area contributed by atoms with Gasteiger partial charge in [-0.2, -0.15) is 0 Å². The maximum absolute atomic E-state index is 12.9. The fourth-order valence-electron chi connectivity index (χ4n) is 3.31. The van der Waals surface area contributed by atoms with E-state index >= 15 is 0 Å². The van der Waals surface area contributed by atoms with Crippen LogP contribution in [0.4, 0.5) is 5.69 Å². The number of para-hydroxylation sites is 1. The zero-order valence-corrected chi connectivity index (χ0v) is 15.5. The Morgan fingerprint density at radius 2 is 1.64 bits per heavy atom. The number of benzene rings is 2. The molecule has 1 saturated carbocycles. The molecule has 2 aromatic rings. The number of anilines is 1. The Balaban J connectivity index is 1.74. The van der Waals surface area contributed by atoms with Crippen molar-refractivity contribution in [3.8, 4) is 5.75 Å². The van der Waals surface area contributed by atoms with Gasteiger partial charge >= 0.3 is 0 Å². The minimum atomic E-state index is -0.0470. The van der Waals surface area contributed by atoms with Crippen LogP contribution >= 0.6 is 23.2 Å². The van der Waals surface area contributed by atoms with Crippen LogP contribution < -0.4 is 9.64 Å². The van der Waals surface area contributed by atoms with Crippen LogP contribution in [0.2, 0.25) is 10.0 Å². The molecule has 132 valence electrons. The molecule has 0 aliphatic heterocycles. The van der Waals surface area contributed by atoms with Gasteiger partial charge < -0.3 is 9.64 Å². The highest BCUT2D eigenvalue weighted by atomic mass is 35.5. The summed E-state index contributed by atoms with van der Waals surface area (Å²) in [6.45, 7) is -0.0396. The lowest BCUT2D eigenvalue weighted by Crippen LogP contribution is -2.44. The first-order valence-electron chi connectivity index (χ1n) is 8.59. The molecule has 1 aliphatic carbocycles. The molecule has 3 rings (SSSR count). The SMILES string of the molecule is O=C(COc1cc(Cl)cc(Cl)c1)N(c1ccccc1)C1CCCCC1. The van der Waals surface area contributed by atoms with Crippen molar-refractivity contribution in [1.82, 2.24) is 0 Å². The zero-order chi connectivity index (χ0) is 17.6. The van der Waals surface area contributed by atoms with Gasteiger partial charge in [0.1, 0.15) is 5.75 Å². The summed E-state index contributed by atoms with van der Waals surface area (Å²) in [5.41, 5.74) is 0.923. The molecule has 1 amide bonds. The number of ether oxygens (including phenoxy) is 1. The number of halogens is 2. The third-order valence-electron chi connectivity index (χ3n) is 4.44. The summed E-state index contributed by atoms with van der Waals surface area (Å²) in [6, 6.07) is 15.0. The van der Waals surface area contributed by atoms with Crippen molar-refractivity contribution in [2.75, 3.05) is 11.5 Å². The maximum Gasteiger partial charge on any atom is 0.265 e. The van der Waals surface area contributed by atoms with Gasteiger partial charge in [0.05, 0.1) is 0 Å². The van der Waals surface area contributed by atoms with Crippen molar-refractivity contribution in [3.05, 3.63) is 58.6 Å². The fraction of sp³-hybridized carbons (Fsp3) is 0.350. The molecule has 25 heavy (non-hydrogen) atoms. The number of amides is 1. The van der Waals surface area contributed by atoms with Crippen LogP contribution in [-0.4, -0.2) is 18.6 Å². The molecule has 3 nitrogen and oxygen atoms in total. The molecule has 0 spiro atoms. The Labute approximate surface area is 158 Å². The third kappa shape index (κ3) is 4.90. The molecule has 0 aromatic heterocycles. The lowest BCUT2D eigenvalue weighted by atomic mass is 9.93. The summed E-state index contributed by atoms with van der Waals surface area (Å²) in [5, 5.41) is 0.976. The van der Waals surface area contributed by atoms with E-state index in [4.69, 9.17) is 27.9 Å². The highest BCUT2D eigenvalue weighted by Crippen LogP contribution is 2.28. The first-order chi connectivity index (χ1) is 12.1. The molecule has 0 radical (unpaired) electrons. The van der Waals surface area contributed by atoms with Crippen molar-refractivity contribution < 1.29 is 9.53 Å². The van der Waals surface area contributed by atoms with Crippen molar-refractivity contribution >= 4 is 34.8 Å². The van der Waals surface area contributed by atoms with Crippen molar-refractivity contribution in [2.45, 2.75) is 38.1 Å². The number of hydrogen-bond donors (Lipinski definition) is 0. The van der Waals surface area contributed by atoms with Gasteiger partial charge in [0.15, 0.2) is 6.61 Å². The van der Waals surface area contributed by atoms with E-state index < -0.39 is 0 Å². The molecule has 0 heterocycles. The van der Waals surface area contributed by atoms with E-state index in [0.717, 1.165) is 31.4 Å². The van der Waals surface area contributed by atoms with Crippen LogP contribution in [0.1, 0.15) is 32.1 Å². The highest BCUT2D eigenvalue weighted by Gasteiger charge is 2.27. The van der Waals surface area contributed by atoms with Gasteiger partial charge in [-0.3, -0.25) is 4.79 Å². The molecule has 0 atom stereocenters. The van der Waals surface area contributed by atoms with Gasteiger partial charge in [0.2, 0.25) is 0 Å². The van der Waals surface area contributed by atoms with Gasteiger partial charge in [-0.05, 0) is 43.2 Å². The molecule has 0 unspecified atom stereocenters. The van der Waals surface area contributed by atoms with E-state index in [0.29, 0.717) is 15.8 Å². The lowest BCUT2D eigenvalue weighted by molar-refractivity contribution is -0.121. The largest absolute Gasteiger partial charge is 0.484 e. The Morgan fingerprint density at radius 3 is 2.28 bits per heavy atom.